The molecular formula is C23H14Br3IN2O2. The molecule has 0 radical (unpaired) electrons. The Morgan fingerprint density at radius 3 is 2.35 bits per heavy atom. The molecule has 0 aliphatic heterocycles. The minimum Gasteiger partial charge on any atom is -0.487 e. The van der Waals surface area contributed by atoms with Gasteiger partial charge in [0, 0.05) is 13.7 Å². The normalized spacial score (nSPS) is 11.0. The van der Waals surface area contributed by atoms with E-state index >= 15 is 0 Å². The number of amides is 1. The molecular weight excluding hydrogens is 703 g/mol. The number of hydrogen-bond donors (Lipinski definition) is 1. The van der Waals surface area contributed by atoms with Gasteiger partial charge in [-0.25, -0.2) is 0 Å². The van der Waals surface area contributed by atoms with E-state index in [1.54, 1.807) is 30.3 Å². The molecule has 0 aromatic heterocycles. The van der Waals surface area contributed by atoms with Gasteiger partial charge in [0.15, 0.2) is 0 Å². The van der Waals surface area contributed by atoms with Crippen molar-refractivity contribution in [2.45, 2.75) is 6.61 Å². The summed E-state index contributed by atoms with van der Waals surface area (Å²) in [6.07, 6.45) is 1.53. The highest BCUT2D eigenvalue weighted by atomic mass is 127. The fraction of sp³-hybridized carbons (Fsp3) is 0.0435. The summed E-state index contributed by atoms with van der Waals surface area (Å²) in [7, 11) is 0. The average Bonchev–Trinajstić information content (AvgIpc) is 2.72. The topological polar surface area (TPSA) is 62.1 Å². The van der Waals surface area contributed by atoms with E-state index in [9.17, 15) is 10.1 Å². The molecule has 4 nitrogen and oxygen atoms in total. The number of benzene rings is 3. The molecule has 3 aromatic rings. The lowest BCUT2D eigenvalue weighted by Gasteiger charge is -2.12. The molecule has 3 aromatic carbocycles. The van der Waals surface area contributed by atoms with E-state index in [1.165, 1.54) is 6.08 Å². The number of carbonyl (C=O) groups is 1. The van der Waals surface area contributed by atoms with Crippen molar-refractivity contribution >= 4 is 88.1 Å². The van der Waals surface area contributed by atoms with Gasteiger partial charge >= 0.3 is 0 Å². The number of nitrogens with zero attached hydrogens (tertiary/aromatic N) is 1. The molecule has 31 heavy (non-hydrogen) atoms. The first-order valence-electron chi connectivity index (χ1n) is 8.90. The van der Waals surface area contributed by atoms with Crippen LogP contribution in [0.1, 0.15) is 11.1 Å². The van der Waals surface area contributed by atoms with Gasteiger partial charge in [-0.2, -0.15) is 5.26 Å². The van der Waals surface area contributed by atoms with Crippen molar-refractivity contribution in [3.63, 3.8) is 0 Å². The molecule has 0 aliphatic rings. The SMILES string of the molecule is N#C/C(=C/c1cc(Br)c(OCc2ccc(I)cc2)c(Br)c1)C(=O)Nc1cccc(Br)c1. The maximum Gasteiger partial charge on any atom is 0.266 e. The standard InChI is InChI=1S/C23H14Br3IN2O2/c24-17-2-1-3-19(11-17)29-23(30)16(12-28)8-15-9-20(25)22(21(26)10-15)31-13-14-4-6-18(27)7-5-14/h1-11H,13H2,(H,29,30)/b16-8-. The van der Waals surface area contributed by atoms with Crippen LogP contribution in [0.25, 0.3) is 6.08 Å². The van der Waals surface area contributed by atoms with Gasteiger partial charge in [-0.15, -0.1) is 0 Å². The van der Waals surface area contributed by atoms with Crippen molar-refractivity contribution in [2.24, 2.45) is 0 Å². The average molecular weight is 717 g/mol. The lowest BCUT2D eigenvalue weighted by atomic mass is 10.1. The maximum atomic E-state index is 12.5. The molecule has 0 spiro atoms. The molecule has 0 heterocycles. The molecule has 1 N–H and O–H groups in total. The van der Waals surface area contributed by atoms with Crippen molar-refractivity contribution < 1.29 is 9.53 Å². The second-order valence-corrected chi connectivity index (χ2v) is 10.2. The van der Waals surface area contributed by atoms with Crippen LogP contribution in [0, 0.1) is 14.9 Å². The number of anilines is 1. The van der Waals surface area contributed by atoms with Crippen LogP contribution >= 0.6 is 70.4 Å². The Labute approximate surface area is 219 Å². The first-order valence-corrected chi connectivity index (χ1v) is 12.4. The highest BCUT2D eigenvalue weighted by Crippen LogP contribution is 2.36. The highest BCUT2D eigenvalue weighted by molar-refractivity contribution is 14.1. The summed E-state index contributed by atoms with van der Waals surface area (Å²) in [6.45, 7) is 0.418. The first-order chi connectivity index (χ1) is 14.9. The van der Waals surface area contributed by atoms with Gasteiger partial charge in [-0.05, 0) is 114 Å². The van der Waals surface area contributed by atoms with Crippen molar-refractivity contribution in [1.29, 1.82) is 5.26 Å². The number of nitrogens with one attached hydrogen (secondary N) is 1. The summed E-state index contributed by atoms with van der Waals surface area (Å²) < 4.78 is 9.37. The number of carbonyl (C=O) groups excluding carboxylic acids is 1. The van der Waals surface area contributed by atoms with Crippen LogP contribution in [-0.2, 0) is 11.4 Å². The summed E-state index contributed by atoms with van der Waals surface area (Å²) in [5, 5.41) is 12.2. The van der Waals surface area contributed by atoms with Gasteiger partial charge in [0.1, 0.15) is 24.0 Å². The van der Waals surface area contributed by atoms with Crippen LogP contribution in [0.5, 0.6) is 5.75 Å². The third kappa shape index (κ3) is 6.91. The molecule has 156 valence electrons. The van der Waals surface area contributed by atoms with Crippen LogP contribution in [0.3, 0.4) is 0 Å². The monoisotopic (exact) mass is 714 g/mol. The van der Waals surface area contributed by atoms with Gasteiger partial charge in [0.25, 0.3) is 5.91 Å². The molecule has 0 unspecified atom stereocenters. The Hall–Kier alpha value is -1.67. The Morgan fingerprint density at radius 2 is 1.74 bits per heavy atom. The zero-order valence-corrected chi connectivity index (χ0v) is 22.7. The Kier molecular flexibility index (Phi) is 8.72. The van der Waals surface area contributed by atoms with Crippen LogP contribution in [0.15, 0.2) is 79.7 Å². The summed E-state index contributed by atoms with van der Waals surface area (Å²) in [6, 6.07) is 20.8. The Balaban J connectivity index is 1.76. The molecule has 3 rings (SSSR count). The fourth-order valence-electron chi connectivity index (χ4n) is 2.62. The predicted molar refractivity (Wildman–Crippen MR) is 142 cm³/mol. The third-order valence-corrected chi connectivity index (χ3v) is 6.47. The Bertz CT molecular complexity index is 1170. The van der Waals surface area contributed by atoms with E-state index in [0.717, 1.165) is 13.6 Å². The first kappa shape index (κ1) is 24.0. The minimum atomic E-state index is -0.480. The quantitative estimate of drug-likeness (QED) is 0.162. The van der Waals surface area contributed by atoms with Crippen LogP contribution in [0.2, 0.25) is 0 Å². The van der Waals surface area contributed by atoms with Gasteiger partial charge < -0.3 is 10.1 Å². The van der Waals surface area contributed by atoms with Gasteiger partial charge in [0.05, 0.1) is 8.95 Å². The zero-order chi connectivity index (χ0) is 22.4. The summed E-state index contributed by atoms with van der Waals surface area (Å²) in [4.78, 5) is 12.5. The molecule has 0 aliphatic carbocycles. The van der Waals surface area contributed by atoms with Crippen molar-refractivity contribution in [1.82, 2.24) is 0 Å². The van der Waals surface area contributed by atoms with Crippen LogP contribution in [0.4, 0.5) is 5.69 Å². The lowest BCUT2D eigenvalue weighted by Crippen LogP contribution is -2.13. The fourth-order valence-corrected chi connectivity index (χ4v) is 4.83. The number of ether oxygens (including phenoxy) is 1. The molecule has 0 fully saturated rings. The number of halogens is 4. The van der Waals surface area contributed by atoms with E-state index in [1.807, 2.05) is 36.4 Å². The third-order valence-electron chi connectivity index (χ3n) is 4.08. The molecule has 0 bridgehead atoms. The molecule has 8 heteroatoms. The van der Waals surface area contributed by atoms with E-state index < -0.39 is 5.91 Å². The van der Waals surface area contributed by atoms with Gasteiger partial charge in [-0.3, -0.25) is 4.79 Å². The summed E-state index contributed by atoms with van der Waals surface area (Å²) in [5.74, 6) is 0.166. The van der Waals surface area contributed by atoms with Crippen LogP contribution < -0.4 is 10.1 Å². The van der Waals surface area contributed by atoms with Crippen molar-refractivity contribution in [2.75, 3.05) is 5.32 Å². The van der Waals surface area contributed by atoms with E-state index in [0.29, 0.717) is 32.6 Å². The Morgan fingerprint density at radius 1 is 1.06 bits per heavy atom. The number of hydrogen-bond acceptors (Lipinski definition) is 3. The predicted octanol–water partition coefficient (Wildman–Crippen LogP) is 7.70. The second kappa shape index (κ2) is 11.3. The molecule has 0 saturated heterocycles. The van der Waals surface area contributed by atoms with E-state index in [4.69, 9.17) is 4.74 Å². The smallest absolute Gasteiger partial charge is 0.266 e. The number of nitriles is 1. The minimum absolute atomic E-state index is 0.00803. The maximum absolute atomic E-state index is 12.5. The summed E-state index contributed by atoms with van der Waals surface area (Å²) in [5.41, 5.74) is 2.33. The summed E-state index contributed by atoms with van der Waals surface area (Å²) >= 11 is 12.7. The van der Waals surface area contributed by atoms with Gasteiger partial charge in [0.2, 0.25) is 0 Å². The number of rotatable bonds is 6. The zero-order valence-electron chi connectivity index (χ0n) is 15.8. The van der Waals surface area contributed by atoms with Crippen LogP contribution in [-0.4, -0.2) is 5.91 Å². The molecule has 1 amide bonds. The molecule has 0 saturated carbocycles. The second-order valence-electron chi connectivity index (χ2n) is 6.36. The largest absolute Gasteiger partial charge is 0.487 e. The van der Waals surface area contributed by atoms with E-state index in [2.05, 4.69) is 75.7 Å². The van der Waals surface area contributed by atoms with Gasteiger partial charge in [-0.1, -0.05) is 34.1 Å². The van der Waals surface area contributed by atoms with Crippen molar-refractivity contribution in [3.8, 4) is 11.8 Å². The highest BCUT2D eigenvalue weighted by Gasteiger charge is 2.13. The molecule has 0 atom stereocenters. The van der Waals surface area contributed by atoms with E-state index in [-0.39, 0.29) is 5.57 Å². The lowest BCUT2D eigenvalue weighted by molar-refractivity contribution is -0.112. The van der Waals surface area contributed by atoms with Crippen molar-refractivity contribution in [3.05, 3.63) is 94.4 Å².